The molecule has 0 radical (unpaired) electrons. The Kier molecular flexibility index (Phi) is 6.64. The fourth-order valence-electron chi connectivity index (χ4n) is 3.31. The Morgan fingerprint density at radius 1 is 1.37 bits per heavy atom. The molecule has 8 nitrogen and oxygen atoms in total. The molecule has 1 aliphatic heterocycles. The van der Waals surface area contributed by atoms with Gasteiger partial charge >= 0.3 is 0 Å². The van der Waals surface area contributed by atoms with E-state index in [9.17, 15) is 5.11 Å². The van der Waals surface area contributed by atoms with Gasteiger partial charge in [0.1, 0.15) is 17.9 Å². The maximum atomic E-state index is 10.5. The third-order valence-corrected chi connectivity index (χ3v) is 4.86. The Hall–Kier alpha value is -2.61. The van der Waals surface area contributed by atoms with Crippen LogP contribution < -0.4 is 10.1 Å². The normalized spacial score (nSPS) is 17.0. The third-order valence-electron chi connectivity index (χ3n) is 4.86. The van der Waals surface area contributed by atoms with E-state index in [0.717, 1.165) is 55.6 Å². The largest absolute Gasteiger partial charge is 0.497 e. The van der Waals surface area contributed by atoms with E-state index < -0.39 is 6.10 Å². The van der Waals surface area contributed by atoms with Gasteiger partial charge in [-0.3, -0.25) is 10.1 Å². The number of aromatic amines is 1. The molecule has 1 aromatic carbocycles. The Morgan fingerprint density at radius 3 is 2.70 bits per heavy atom. The zero-order chi connectivity index (χ0) is 19.1. The molecule has 0 bridgehead atoms. The minimum atomic E-state index is -0.642. The van der Waals surface area contributed by atoms with E-state index >= 15 is 0 Å². The van der Waals surface area contributed by atoms with Crippen LogP contribution in [0.2, 0.25) is 0 Å². The first kappa shape index (κ1) is 19.2. The van der Waals surface area contributed by atoms with Crippen LogP contribution in [0.4, 0.5) is 0 Å². The summed E-state index contributed by atoms with van der Waals surface area (Å²) in [6.45, 7) is 4.96. The number of rotatable bonds is 6. The summed E-state index contributed by atoms with van der Waals surface area (Å²) in [5, 5.41) is 20.7. The lowest BCUT2D eigenvalue weighted by Crippen LogP contribution is -2.45. The van der Waals surface area contributed by atoms with Crippen molar-refractivity contribution in [1.29, 1.82) is 0 Å². The fraction of sp³-hybridized carbons (Fsp3) is 0.526. The minimum Gasteiger partial charge on any atom is -0.497 e. The zero-order valence-electron chi connectivity index (χ0n) is 15.9. The van der Waals surface area contributed by atoms with Crippen LogP contribution in [-0.4, -0.2) is 64.4 Å². The molecule has 0 saturated carbocycles. The number of aliphatic hydroxyl groups is 1. The van der Waals surface area contributed by atoms with Crippen molar-refractivity contribution < 1.29 is 9.84 Å². The number of nitrogens with zero attached hydrogens (tertiary/aromatic N) is 4. The monoisotopic (exact) mass is 372 g/mol. The number of piperidine rings is 1. The molecule has 1 aromatic heterocycles. The highest BCUT2D eigenvalue weighted by Crippen LogP contribution is 2.25. The molecule has 1 unspecified atom stereocenters. The van der Waals surface area contributed by atoms with Crippen LogP contribution in [0.3, 0.4) is 0 Å². The van der Waals surface area contributed by atoms with Gasteiger partial charge in [0.15, 0.2) is 5.96 Å². The predicted molar refractivity (Wildman–Crippen MR) is 104 cm³/mol. The Bertz CT molecular complexity index is 708. The highest BCUT2D eigenvalue weighted by molar-refractivity contribution is 5.80. The van der Waals surface area contributed by atoms with Gasteiger partial charge in [0.2, 0.25) is 0 Å². The first-order valence-electron chi connectivity index (χ1n) is 9.41. The third kappa shape index (κ3) is 4.97. The Labute approximate surface area is 159 Å². The molecular weight excluding hydrogens is 344 g/mol. The summed E-state index contributed by atoms with van der Waals surface area (Å²) >= 11 is 0. The van der Waals surface area contributed by atoms with Crippen LogP contribution in [0.25, 0.3) is 0 Å². The Balaban J connectivity index is 1.59. The van der Waals surface area contributed by atoms with Crippen LogP contribution in [0.1, 0.15) is 43.2 Å². The van der Waals surface area contributed by atoms with Gasteiger partial charge in [0.25, 0.3) is 0 Å². The molecule has 1 aliphatic rings. The number of likely N-dealkylation sites (tertiary alicyclic amines) is 1. The van der Waals surface area contributed by atoms with Crippen molar-refractivity contribution >= 4 is 5.96 Å². The molecule has 8 heteroatoms. The van der Waals surface area contributed by atoms with Crippen molar-refractivity contribution in [2.45, 2.75) is 31.8 Å². The predicted octanol–water partition coefficient (Wildman–Crippen LogP) is 1.69. The summed E-state index contributed by atoms with van der Waals surface area (Å²) < 4.78 is 5.16. The molecule has 0 aliphatic carbocycles. The van der Waals surface area contributed by atoms with E-state index in [0.29, 0.717) is 12.5 Å². The number of methoxy groups -OCH3 is 1. The molecule has 0 amide bonds. The highest BCUT2D eigenvalue weighted by Gasteiger charge is 2.24. The number of guanidine groups is 1. The average molecular weight is 372 g/mol. The van der Waals surface area contributed by atoms with Crippen LogP contribution in [0.5, 0.6) is 5.75 Å². The first-order valence-corrected chi connectivity index (χ1v) is 9.41. The van der Waals surface area contributed by atoms with Crippen molar-refractivity contribution in [3.63, 3.8) is 0 Å². The lowest BCUT2D eigenvalue weighted by Gasteiger charge is -2.33. The second-order valence-electron chi connectivity index (χ2n) is 6.62. The summed E-state index contributed by atoms with van der Waals surface area (Å²) in [5.41, 5.74) is 0.833. The van der Waals surface area contributed by atoms with Gasteiger partial charge < -0.3 is 20.1 Å². The number of H-pyrrole nitrogens is 1. The Morgan fingerprint density at radius 2 is 2.11 bits per heavy atom. The molecule has 1 atom stereocenters. The van der Waals surface area contributed by atoms with Gasteiger partial charge in [-0.25, -0.2) is 4.98 Å². The summed E-state index contributed by atoms with van der Waals surface area (Å²) in [5.74, 6) is 3.00. The summed E-state index contributed by atoms with van der Waals surface area (Å²) in [7, 11) is 1.63. The lowest BCUT2D eigenvalue weighted by molar-refractivity contribution is 0.186. The molecule has 1 fully saturated rings. The van der Waals surface area contributed by atoms with Gasteiger partial charge in [0, 0.05) is 25.6 Å². The second-order valence-corrected chi connectivity index (χ2v) is 6.62. The zero-order valence-corrected chi connectivity index (χ0v) is 15.9. The van der Waals surface area contributed by atoms with Gasteiger partial charge in [-0.05, 0) is 37.5 Å². The molecule has 2 heterocycles. The average Bonchev–Trinajstić information content (AvgIpc) is 3.26. The molecule has 3 N–H and O–H groups in total. The molecule has 3 rings (SSSR count). The highest BCUT2D eigenvalue weighted by atomic mass is 16.5. The first-order chi connectivity index (χ1) is 13.2. The van der Waals surface area contributed by atoms with Gasteiger partial charge in [-0.15, -0.1) is 0 Å². The standard InChI is InChI=1S/C19H28N6O2/c1-3-20-19(21-12-17(26)14-4-6-16(27-2)7-5-14)25-10-8-15(9-11-25)18-22-13-23-24-18/h4-7,13,15,17,26H,3,8-12H2,1-2H3,(H,20,21)(H,22,23,24). The number of ether oxygens (including phenoxy) is 1. The maximum absolute atomic E-state index is 10.5. The van der Waals surface area contributed by atoms with Gasteiger partial charge in [-0.1, -0.05) is 12.1 Å². The van der Waals surface area contributed by atoms with Crippen molar-refractivity contribution in [1.82, 2.24) is 25.4 Å². The van der Waals surface area contributed by atoms with E-state index in [2.05, 4.69) is 37.3 Å². The van der Waals surface area contributed by atoms with E-state index in [1.165, 1.54) is 0 Å². The lowest BCUT2D eigenvalue weighted by atomic mass is 9.96. The number of nitrogens with one attached hydrogen (secondary N) is 2. The molecule has 146 valence electrons. The quantitative estimate of drug-likeness (QED) is 0.527. The molecule has 27 heavy (non-hydrogen) atoms. The van der Waals surface area contributed by atoms with Gasteiger partial charge in [0.05, 0.1) is 19.8 Å². The van der Waals surface area contributed by atoms with E-state index in [-0.39, 0.29) is 0 Å². The fourth-order valence-corrected chi connectivity index (χ4v) is 3.31. The van der Waals surface area contributed by atoms with Gasteiger partial charge in [-0.2, -0.15) is 5.10 Å². The molecule has 1 saturated heterocycles. The number of aliphatic imine (C=N–C) groups is 1. The second kappa shape index (κ2) is 9.36. The van der Waals surface area contributed by atoms with Crippen LogP contribution in [0, 0.1) is 0 Å². The number of aromatic nitrogens is 3. The SMILES string of the molecule is CCNC(=NCC(O)c1ccc(OC)cc1)N1CCC(c2ncn[nH]2)CC1. The maximum Gasteiger partial charge on any atom is 0.194 e. The summed E-state index contributed by atoms with van der Waals surface area (Å²) in [6, 6.07) is 7.44. The number of benzene rings is 1. The van der Waals surface area contributed by atoms with Crippen molar-refractivity contribution in [3.8, 4) is 5.75 Å². The number of hydrogen-bond acceptors (Lipinski definition) is 5. The summed E-state index contributed by atoms with van der Waals surface area (Å²) in [6.07, 6.45) is 2.92. The topological polar surface area (TPSA) is 98.7 Å². The van der Waals surface area contributed by atoms with Crippen LogP contribution >= 0.6 is 0 Å². The van der Waals surface area contributed by atoms with Crippen molar-refractivity contribution in [3.05, 3.63) is 42.0 Å². The van der Waals surface area contributed by atoms with Crippen LogP contribution in [-0.2, 0) is 0 Å². The molecule has 2 aromatic rings. The minimum absolute atomic E-state index is 0.316. The molecular formula is C19H28N6O2. The smallest absolute Gasteiger partial charge is 0.194 e. The van der Waals surface area contributed by atoms with E-state index in [4.69, 9.17) is 4.74 Å². The van der Waals surface area contributed by atoms with Crippen molar-refractivity contribution in [2.75, 3.05) is 33.3 Å². The number of aliphatic hydroxyl groups excluding tert-OH is 1. The van der Waals surface area contributed by atoms with E-state index in [1.54, 1.807) is 13.4 Å². The number of hydrogen-bond donors (Lipinski definition) is 3. The summed E-state index contributed by atoms with van der Waals surface area (Å²) in [4.78, 5) is 11.2. The molecule has 0 spiro atoms. The van der Waals surface area contributed by atoms with E-state index in [1.807, 2.05) is 24.3 Å². The van der Waals surface area contributed by atoms with Crippen LogP contribution in [0.15, 0.2) is 35.6 Å². The van der Waals surface area contributed by atoms with Crippen molar-refractivity contribution in [2.24, 2.45) is 4.99 Å².